The Bertz CT molecular complexity index is 537. The van der Waals surface area contributed by atoms with Crippen LogP contribution >= 0.6 is 0 Å². The highest BCUT2D eigenvalue weighted by Crippen LogP contribution is 2.40. The number of fused-ring (bicyclic) bond motifs is 1. The van der Waals surface area contributed by atoms with E-state index < -0.39 is 0 Å². The molecule has 2 aliphatic rings. The fourth-order valence-electron chi connectivity index (χ4n) is 2.05. The molecule has 2 fully saturated rings. The van der Waals surface area contributed by atoms with E-state index in [0.717, 1.165) is 11.3 Å². The summed E-state index contributed by atoms with van der Waals surface area (Å²) in [6.07, 6.45) is 8.88. The summed E-state index contributed by atoms with van der Waals surface area (Å²) < 4.78 is 1.95. The predicted molar refractivity (Wildman–Crippen MR) is 61.6 cm³/mol. The quantitative estimate of drug-likeness (QED) is 0.851. The van der Waals surface area contributed by atoms with Gasteiger partial charge in [-0.15, -0.1) is 0 Å². The molecule has 2 aliphatic carbocycles. The average molecular weight is 214 g/mol. The van der Waals surface area contributed by atoms with Crippen LogP contribution in [0, 0.1) is 0 Å². The van der Waals surface area contributed by atoms with Crippen molar-refractivity contribution in [1.82, 2.24) is 14.6 Å². The van der Waals surface area contributed by atoms with E-state index in [2.05, 4.69) is 21.5 Å². The van der Waals surface area contributed by atoms with Gasteiger partial charge in [0, 0.05) is 24.4 Å². The molecule has 0 spiro atoms. The Morgan fingerprint density at radius 3 is 2.88 bits per heavy atom. The van der Waals surface area contributed by atoms with Crippen LogP contribution in [0.25, 0.3) is 5.52 Å². The average Bonchev–Trinajstić information content (AvgIpc) is 3.18. The van der Waals surface area contributed by atoms with Gasteiger partial charge in [0.05, 0.1) is 5.69 Å². The Morgan fingerprint density at radius 1 is 1.25 bits per heavy atom. The molecule has 0 atom stereocenters. The zero-order chi connectivity index (χ0) is 10.5. The molecule has 0 radical (unpaired) electrons. The van der Waals surface area contributed by atoms with Crippen LogP contribution in [0.4, 0.5) is 5.82 Å². The van der Waals surface area contributed by atoms with Crippen LogP contribution in [-0.4, -0.2) is 20.6 Å². The van der Waals surface area contributed by atoms with Crippen molar-refractivity contribution >= 4 is 11.3 Å². The van der Waals surface area contributed by atoms with E-state index >= 15 is 0 Å². The molecule has 0 saturated heterocycles. The second kappa shape index (κ2) is 2.97. The minimum Gasteiger partial charge on any atom is -0.366 e. The zero-order valence-corrected chi connectivity index (χ0v) is 9.06. The number of hydrogen-bond donors (Lipinski definition) is 1. The molecule has 4 heteroatoms. The number of nitrogens with one attached hydrogen (secondary N) is 1. The number of rotatable bonds is 3. The topological polar surface area (TPSA) is 42.2 Å². The van der Waals surface area contributed by atoms with Crippen molar-refractivity contribution in [3.05, 3.63) is 24.2 Å². The Kier molecular flexibility index (Phi) is 1.59. The molecule has 0 bridgehead atoms. The monoisotopic (exact) mass is 214 g/mol. The van der Waals surface area contributed by atoms with E-state index in [-0.39, 0.29) is 0 Å². The van der Waals surface area contributed by atoms with Gasteiger partial charge in [-0.3, -0.25) is 0 Å². The first-order valence-corrected chi connectivity index (χ1v) is 6.01. The summed E-state index contributed by atoms with van der Waals surface area (Å²) in [5, 5.41) is 8.06. The summed E-state index contributed by atoms with van der Waals surface area (Å²) in [5.74, 6) is 1.69. The molecular weight excluding hydrogens is 200 g/mol. The number of hydrogen-bond acceptors (Lipinski definition) is 3. The Morgan fingerprint density at radius 2 is 2.12 bits per heavy atom. The normalized spacial score (nSPS) is 20.2. The lowest BCUT2D eigenvalue weighted by atomic mass is 10.3. The van der Waals surface area contributed by atoms with Gasteiger partial charge in [0.25, 0.3) is 0 Å². The van der Waals surface area contributed by atoms with Crippen LogP contribution in [0.1, 0.15) is 37.3 Å². The molecule has 0 unspecified atom stereocenters. The largest absolute Gasteiger partial charge is 0.366 e. The number of anilines is 1. The molecule has 0 amide bonds. The minimum atomic E-state index is 0.637. The number of nitrogens with zero attached hydrogens (tertiary/aromatic N) is 3. The third kappa shape index (κ3) is 1.37. The molecule has 0 aromatic carbocycles. The smallest absolute Gasteiger partial charge is 0.152 e. The van der Waals surface area contributed by atoms with Crippen LogP contribution in [-0.2, 0) is 0 Å². The molecule has 16 heavy (non-hydrogen) atoms. The van der Waals surface area contributed by atoms with Crippen molar-refractivity contribution in [2.45, 2.75) is 37.6 Å². The van der Waals surface area contributed by atoms with Crippen molar-refractivity contribution in [1.29, 1.82) is 0 Å². The van der Waals surface area contributed by atoms with Crippen molar-refractivity contribution < 1.29 is 0 Å². The van der Waals surface area contributed by atoms with Crippen molar-refractivity contribution in [3.8, 4) is 0 Å². The molecule has 2 aromatic heterocycles. The Hall–Kier alpha value is -1.58. The highest BCUT2D eigenvalue weighted by atomic mass is 15.2. The molecule has 1 N–H and O–H groups in total. The van der Waals surface area contributed by atoms with Gasteiger partial charge in [-0.1, -0.05) is 0 Å². The van der Waals surface area contributed by atoms with E-state index in [1.807, 2.05) is 16.9 Å². The lowest BCUT2D eigenvalue weighted by Gasteiger charge is -2.03. The maximum atomic E-state index is 4.60. The molecular formula is C12H14N4. The predicted octanol–water partition coefficient (Wildman–Crippen LogP) is 2.18. The van der Waals surface area contributed by atoms with Crippen molar-refractivity contribution in [3.63, 3.8) is 0 Å². The molecule has 2 aromatic rings. The summed E-state index contributed by atoms with van der Waals surface area (Å²) in [7, 11) is 0. The van der Waals surface area contributed by atoms with Crippen molar-refractivity contribution in [2.75, 3.05) is 5.32 Å². The van der Waals surface area contributed by atoms with Gasteiger partial charge in [0.15, 0.2) is 5.82 Å². The molecule has 4 rings (SSSR count). The van der Waals surface area contributed by atoms with Gasteiger partial charge in [0.1, 0.15) is 5.52 Å². The first-order valence-electron chi connectivity index (χ1n) is 6.01. The van der Waals surface area contributed by atoms with E-state index in [1.165, 1.54) is 31.4 Å². The molecule has 2 heterocycles. The highest BCUT2D eigenvalue weighted by molar-refractivity contribution is 5.68. The lowest BCUT2D eigenvalue weighted by Crippen LogP contribution is -2.04. The third-order valence-corrected chi connectivity index (χ3v) is 3.32. The molecule has 4 nitrogen and oxygen atoms in total. The third-order valence-electron chi connectivity index (χ3n) is 3.32. The van der Waals surface area contributed by atoms with Gasteiger partial charge in [-0.2, -0.15) is 5.10 Å². The van der Waals surface area contributed by atoms with Crippen LogP contribution in [0.3, 0.4) is 0 Å². The van der Waals surface area contributed by atoms with Crippen LogP contribution in [0.15, 0.2) is 18.5 Å². The summed E-state index contributed by atoms with van der Waals surface area (Å²) in [5.41, 5.74) is 2.35. The lowest BCUT2D eigenvalue weighted by molar-refractivity contribution is 0.883. The van der Waals surface area contributed by atoms with Crippen molar-refractivity contribution in [2.24, 2.45) is 0 Å². The first-order chi connectivity index (χ1) is 7.90. The second-order valence-corrected chi connectivity index (χ2v) is 4.87. The fourth-order valence-corrected chi connectivity index (χ4v) is 2.05. The maximum Gasteiger partial charge on any atom is 0.152 e. The highest BCUT2D eigenvalue weighted by Gasteiger charge is 2.27. The van der Waals surface area contributed by atoms with Gasteiger partial charge < -0.3 is 5.32 Å². The fraction of sp³-hybridized carbons (Fsp3) is 0.500. The second-order valence-electron chi connectivity index (χ2n) is 4.87. The molecule has 82 valence electrons. The van der Waals surface area contributed by atoms with Gasteiger partial charge >= 0.3 is 0 Å². The standard InChI is InChI=1S/C12H14N4/c1-2-8(1)10-7-11-12(14-9-3-4-9)13-5-6-16(11)15-10/h5-9H,1-4H2,(H,13,14). The summed E-state index contributed by atoms with van der Waals surface area (Å²) >= 11 is 0. The Labute approximate surface area is 93.7 Å². The van der Waals surface area contributed by atoms with Gasteiger partial charge in [-0.25, -0.2) is 9.50 Å². The van der Waals surface area contributed by atoms with Crippen LogP contribution in [0.5, 0.6) is 0 Å². The Balaban J connectivity index is 1.80. The van der Waals surface area contributed by atoms with Crippen LogP contribution < -0.4 is 5.32 Å². The zero-order valence-electron chi connectivity index (χ0n) is 9.06. The maximum absolute atomic E-state index is 4.60. The summed E-state index contributed by atoms with van der Waals surface area (Å²) in [6.45, 7) is 0. The summed E-state index contributed by atoms with van der Waals surface area (Å²) in [6, 6.07) is 2.83. The summed E-state index contributed by atoms with van der Waals surface area (Å²) in [4.78, 5) is 4.41. The molecule has 0 aliphatic heterocycles. The number of aromatic nitrogens is 3. The first kappa shape index (κ1) is 8.56. The van der Waals surface area contributed by atoms with E-state index in [9.17, 15) is 0 Å². The van der Waals surface area contributed by atoms with Gasteiger partial charge in [-0.05, 0) is 31.7 Å². The van der Waals surface area contributed by atoms with E-state index in [1.54, 1.807) is 0 Å². The van der Waals surface area contributed by atoms with Crippen LogP contribution in [0.2, 0.25) is 0 Å². The minimum absolute atomic E-state index is 0.637. The molecule has 2 saturated carbocycles. The SMILES string of the molecule is c1cn2nc(C3CC3)cc2c(NC2CC2)n1. The van der Waals surface area contributed by atoms with E-state index in [0.29, 0.717) is 12.0 Å². The van der Waals surface area contributed by atoms with Gasteiger partial charge in [0.2, 0.25) is 0 Å². The van der Waals surface area contributed by atoms with E-state index in [4.69, 9.17) is 0 Å².